The molecule has 0 unspecified atom stereocenters. The molecule has 0 spiro atoms. The zero-order valence-corrected chi connectivity index (χ0v) is 15.5. The number of ether oxygens (including phenoxy) is 1. The van der Waals surface area contributed by atoms with E-state index in [1.807, 2.05) is 37.8 Å². The minimum atomic E-state index is -0.512. The second-order valence-electron chi connectivity index (χ2n) is 7.37. The van der Waals surface area contributed by atoms with Crippen LogP contribution in [0.25, 0.3) is 22.1 Å². The number of carbonyl (C=O) groups is 1. The third kappa shape index (κ3) is 3.14. The molecular weight excluding hydrogens is 356 g/mol. The molecule has 4 rings (SSSR count). The van der Waals surface area contributed by atoms with Gasteiger partial charge in [-0.1, -0.05) is 11.6 Å². The van der Waals surface area contributed by atoms with Crippen LogP contribution >= 0.6 is 11.6 Å². The second-order valence-corrected chi connectivity index (χ2v) is 7.80. The van der Waals surface area contributed by atoms with E-state index < -0.39 is 11.7 Å². The number of benzene rings is 1. The topological polar surface area (TPSA) is 80.5 Å². The minimum absolute atomic E-state index is 0.00804. The van der Waals surface area contributed by atoms with Gasteiger partial charge in [-0.05, 0) is 39.0 Å². The quantitative estimate of drug-likeness (QED) is 0.735. The Morgan fingerprint density at radius 3 is 2.85 bits per heavy atom. The van der Waals surface area contributed by atoms with Gasteiger partial charge in [0.1, 0.15) is 23.0 Å². The summed E-state index contributed by atoms with van der Waals surface area (Å²) in [6.45, 7) is 6.77. The predicted molar refractivity (Wildman–Crippen MR) is 99.7 cm³/mol. The van der Waals surface area contributed by atoms with Crippen molar-refractivity contribution in [3.05, 3.63) is 29.5 Å². The van der Waals surface area contributed by atoms with E-state index in [2.05, 4.69) is 15.3 Å². The summed E-state index contributed by atoms with van der Waals surface area (Å²) in [5.74, 6) is 0.713. The molecule has 0 radical (unpaired) electrons. The Morgan fingerprint density at radius 2 is 2.12 bits per heavy atom. The van der Waals surface area contributed by atoms with Crippen molar-refractivity contribution in [2.75, 3.05) is 18.0 Å². The van der Waals surface area contributed by atoms with Crippen LogP contribution in [0.5, 0.6) is 0 Å². The number of fused-ring (bicyclic) bond motifs is 3. The first-order valence-corrected chi connectivity index (χ1v) is 8.75. The van der Waals surface area contributed by atoms with E-state index in [4.69, 9.17) is 20.8 Å². The lowest BCUT2D eigenvalue weighted by atomic mass is 10.1. The number of nitrogens with one attached hydrogen (secondary N) is 1. The van der Waals surface area contributed by atoms with Crippen LogP contribution in [-0.4, -0.2) is 40.8 Å². The molecule has 1 fully saturated rings. The van der Waals surface area contributed by atoms with Gasteiger partial charge in [0.25, 0.3) is 0 Å². The Morgan fingerprint density at radius 1 is 1.35 bits per heavy atom. The molecule has 1 aromatic carbocycles. The Kier molecular flexibility index (Phi) is 3.91. The summed E-state index contributed by atoms with van der Waals surface area (Å²) in [6.07, 6.45) is 1.11. The van der Waals surface area contributed by atoms with Crippen molar-refractivity contribution < 1.29 is 13.9 Å². The van der Waals surface area contributed by atoms with E-state index in [9.17, 15) is 4.79 Å². The molecule has 1 amide bonds. The monoisotopic (exact) mass is 374 g/mol. The first kappa shape index (κ1) is 16.9. The van der Waals surface area contributed by atoms with Crippen molar-refractivity contribution >= 4 is 45.6 Å². The molecule has 3 heterocycles. The van der Waals surface area contributed by atoms with E-state index in [0.717, 1.165) is 16.5 Å². The minimum Gasteiger partial charge on any atom is -0.450 e. The van der Waals surface area contributed by atoms with Crippen LogP contribution in [0, 0.1) is 0 Å². The third-order valence-electron chi connectivity index (χ3n) is 4.10. The molecule has 8 heteroatoms. The highest BCUT2D eigenvalue weighted by molar-refractivity contribution is 6.31. The van der Waals surface area contributed by atoms with Crippen molar-refractivity contribution in [3.63, 3.8) is 0 Å². The van der Waals surface area contributed by atoms with E-state index in [1.165, 1.54) is 6.33 Å². The lowest BCUT2D eigenvalue weighted by Crippen LogP contribution is -2.60. The maximum atomic E-state index is 11.9. The third-order valence-corrected chi connectivity index (χ3v) is 4.33. The molecule has 1 aliphatic heterocycles. The van der Waals surface area contributed by atoms with Crippen LogP contribution in [-0.2, 0) is 4.74 Å². The lowest BCUT2D eigenvalue weighted by Gasteiger charge is -2.40. The van der Waals surface area contributed by atoms with Gasteiger partial charge in [0.05, 0.1) is 6.04 Å². The van der Waals surface area contributed by atoms with Crippen LogP contribution in [0.3, 0.4) is 0 Å². The number of carbonyl (C=O) groups excluding carboxylic acids is 1. The fourth-order valence-corrected chi connectivity index (χ4v) is 3.15. The molecule has 2 aromatic heterocycles. The van der Waals surface area contributed by atoms with Gasteiger partial charge in [0.15, 0.2) is 11.4 Å². The molecule has 1 aliphatic rings. The van der Waals surface area contributed by atoms with Crippen molar-refractivity contribution in [1.29, 1.82) is 0 Å². The first-order chi connectivity index (χ1) is 12.3. The number of halogens is 1. The van der Waals surface area contributed by atoms with Crippen LogP contribution in [0.2, 0.25) is 5.02 Å². The van der Waals surface area contributed by atoms with Gasteiger partial charge in [-0.25, -0.2) is 14.8 Å². The van der Waals surface area contributed by atoms with E-state index in [0.29, 0.717) is 29.5 Å². The van der Waals surface area contributed by atoms with E-state index >= 15 is 0 Å². The highest BCUT2D eigenvalue weighted by atomic mass is 35.5. The van der Waals surface area contributed by atoms with Gasteiger partial charge in [-0.3, -0.25) is 0 Å². The summed E-state index contributed by atoms with van der Waals surface area (Å²) in [5.41, 5.74) is 1.56. The van der Waals surface area contributed by atoms with Crippen molar-refractivity contribution in [2.45, 2.75) is 32.4 Å². The Bertz CT molecular complexity index is 989. The van der Waals surface area contributed by atoms with Crippen molar-refractivity contribution in [1.82, 2.24) is 15.3 Å². The van der Waals surface area contributed by atoms with Crippen LogP contribution in [0.1, 0.15) is 20.8 Å². The number of aromatic nitrogens is 2. The zero-order chi connectivity index (χ0) is 18.5. The molecule has 0 aliphatic carbocycles. The van der Waals surface area contributed by atoms with Gasteiger partial charge in [-0.15, -0.1) is 0 Å². The summed E-state index contributed by atoms with van der Waals surface area (Å²) in [5, 5.41) is 4.35. The molecule has 7 nitrogen and oxygen atoms in total. The lowest BCUT2D eigenvalue weighted by molar-refractivity contribution is 0.0496. The Hall–Kier alpha value is -2.54. The van der Waals surface area contributed by atoms with Crippen LogP contribution < -0.4 is 10.2 Å². The van der Waals surface area contributed by atoms with Crippen molar-refractivity contribution in [2.24, 2.45) is 0 Å². The number of rotatable bonds is 2. The summed E-state index contributed by atoms with van der Waals surface area (Å²) >= 11 is 6.08. The SMILES string of the molecule is CC(C)(C)OC(=O)NC1CN(c2ncnc3c2oc2ccc(Cl)cc23)C1. The molecule has 0 atom stereocenters. The van der Waals surface area contributed by atoms with Crippen LogP contribution in [0.15, 0.2) is 28.9 Å². The number of nitrogens with zero attached hydrogens (tertiary/aromatic N) is 3. The highest BCUT2D eigenvalue weighted by Gasteiger charge is 2.32. The molecule has 136 valence electrons. The van der Waals surface area contributed by atoms with Gasteiger partial charge >= 0.3 is 6.09 Å². The molecule has 0 bridgehead atoms. The highest BCUT2D eigenvalue weighted by Crippen LogP contribution is 2.34. The Balaban J connectivity index is 1.52. The Labute approximate surface area is 155 Å². The molecule has 26 heavy (non-hydrogen) atoms. The number of furan rings is 1. The van der Waals surface area contributed by atoms with Gasteiger partial charge in [-0.2, -0.15) is 0 Å². The van der Waals surface area contributed by atoms with Gasteiger partial charge in [0.2, 0.25) is 0 Å². The maximum Gasteiger partial charge on any atom is 0.407 e. The second kappa shape index (κ2) is 6.02. The van der Waals surface area contributed by atoms with Crippen molar-refractivity contribution in [3.8, 4) is 0 Å². The van der Waals surface area contributed by atoms with Gasteiger partial charge in [0, 0.05) is 23.5 Å². The number of anilines is 1. The zero-order valence-electron chi connectivity index (χ0n) is 14.7. The number of hydrogen-bond acceptors (Lipinski definition) is 6. The van der Waals surface area contributed by atoms with Gasteiger partial charge < -0.3 is 19.4 Å². The summed E-state index contributed by atoms with van der Waals surface area (Å²) in [7, 11) is 0. The molecule has 1 saturated heterocycles. The molecule has 0 saturated carbocycles. The molecule has 1 N–H and O–H groups in total. The average Bonchev–Trinajstić information content (AvgIpc) is 2.87. The fraction of sp³-hybridized carbons (Fsp3) is 0.389. The standard InChI is InChI=1S/C18H19ClN4O3/c1-18(2,3)26-17(24)22-11-7-23(8-11)16-15-14(20-9-21-16)12-6-10(19)4-5-13(12)25-15/h4-6,9,11H,7-8H2,1-3H3,(H,22,24). The molecule has 3 aromatic rings. The summed E-state index contributed by atoms with van der Waals surface area (Å²) in [4.78, 5) is 22.6. The van der Waals surface area contributed by atoms with Crippen LogP contribution in [0.4, 0.5) is 10.6 Å². The predicted octanol–water partition coefficient (Wildman–Crippen LogP) is 3.74. The first-order valence-electron chi connectivity index (χ1n) is 8.37. The number of hydrogen-bond donors (Lipinski definition) is 1. The smallest absolute Gasteiger partial charge is 0.407 e. The molecular formula is C18H19ClN4O3. The normalized spacial score (nSPS) is 15.3. The maximum absolute atomic E-state index is 11.9. The summed E-state index contributed by atoms with van der Waals surface area (Å²) < 4.78 is 11.2. The number of amides is 1. The average molecular weight is 375 g/mol. The largest absolute Gasteiger partial charge is 0.450 e. The van der Waals surface area contributed by atoms with E-state index in [1.54, 1.807) is 6.07 Å². The van der Waals surface area contributed by atoms with E-state index in [-0.39, 0.29) is 6.04 Å². The number of alkyl carbamates (subject to hydrolysis) is 1. The fourth-order valence-electron chi connectivity index (χ4n) is 2.98. The summed E-state index contributed by atoms with van der Waals surface area (Å²) in [6, 6.07) is 5.45.